The lowest BCUT2D eigenvalue weighted by Gasteiger charge is -2.52. The maximum absolute atomic E-state index is 12.7. The van der Waals surface area contributed by atoms with Crippen LogP contribution in [0, 0.1) is 5.92 Å². The summed E-state index contributed by atoms with van der Waals surface area (Å²) in [5, 5.41) is 0. The van der Waals surface area contributed by atoms with Crippen LogP contribution in [0.5, 0.6) is 0 Å². The van der Waals surface area contributed by atoms with Crippen molar-refractivity contribution < 1.29 is 26.4 Å². The third-order valence-corrected chi connectivity index (χ3v) is 5.76. The van der Waals surface area contributed by atoms with Crippen molar-refractivity contribution >= 4 is 5.97 Å². The summed E-state index contributed by atoms with van der Waals surface area (Å²) in [5.74, 6) is 0.663. The Morgan fingerprint density at radius 3 is 1.96 bits per heavy atom. The fourth-order valence-electron chi connectivity index (χ4n) is 4.30. The molecule has 0 aromatic heterocycles. The first-order valence-corrected chi connectivity index (χ1v) is 8.94. The Balaban J connectivity index is 0.00000182. The zero-order valence-electron chi connectivity index (χ0n) is 14.3. The minimum Gasteiger partial charge on any atom is -1.00 e. The predicted molar refractivity (Wildman–Crippen MR) is 93.2 cm³/mol. The second-order valence-corrected chi connectivity index (χ2v) is 7.16. The Kier molecular flexibility index (Phi) is 5.45. The number of halogens is 1. The van der Waals surface area contributed by atoms with Crippen molar-refractivity contribution in [2.45, 2.75) is 25.5 Å². The lowest BCUT2D eigenvalue weighted by atomic mass is 9.85. The van der Waals surface area contributed by atoms with E-state index in [4.69, 9.17) is 4.74 Å². The van der Waals surface area contributed by atoms with E-state index in [1.54, 1.807) is 0 Å². The van der Waals surface area contributed by atoms with E-state index >= 15 is 0 Å². The van der Waals surface area contributed by atoms with Crippen LogP contribution in [0.4, 0.5) is 0 Å². The van der Waals surface area contributed by atoms with Gasteiger partial charge in [-0.25, -0.2) is 4.79 Å². The number of nitrogens with zero attached hydrogens (tertiary/aromatic N) is 1. The van der Waals surface area contributed by atoms with E-state index in [0.29, 0.717) is 5.56 Å². The first-order valence-electron chi connectivity index (χ1n) is 8.94. The summed E-state index contributed by atoms with van der Waals surface area (Å²) in [6.07, 6.45) is 3.57. The smallest absolute Gasteiger partial charge is 0.342 e. The van der Waals surface area contributed by atoms with Gasteiger partial charge in [0.25, 0.3) is 6.23 Å². The van der Waals surface area contributed by atoms with Crippen molar-refractivity contribution in [1.29, 1.82) is 0 Å². The molecule has 0 spiro atoms. The summed E-state index contributed by atoms with van der Waals surface area (Å²) in [4.78, 5) is 12.7. The largest absolute Gasteiger partial charge is 1.00 e. The molecule has 1 unspecified atom stereocenters. The second kappa shape index (κ2) is 7.59. The van der Waals surface area contributed by atoms with Crippen LogP contribution >= 0.6 is 0 Å². The molecule has 2 aromatic carbocycles. The van der Waals surface area contributed by atoms with Gasteiger partial charge in [0.2, 0.25) is 0 Å². The van der Waals surface area contributed by atoms with Gasteiger partial charge in [-0.05, 0) is 49.4 Å². The highest BCUT2D eigenvalue weighted by Gasteiger charge is 2.47. The minimum absolute atomic E-state index is 0. The Bertz CT molecular complexity index is 683. The van der Waals surface area contributed by atoms with E-state index in [-0.39, 0.29) is 24.6 Å². The molecule has 3 fully saturated rings. The van der Waals surface area contributed by atoms with Gasteiger partial charge in [-0.3, -0.25) is 4.48 Å². The Morgan fingerprint density at radius 2 is 1.40 bits per heavy atom. The molecule has 3 aliphatic heterocycles. The average Bonchev–Trinajstić information content (AvgIpc) is 2.68. The number of carbonyl (C=O) groups is 1. The molecule has 0 saturated carbocycles. The van der Waals surface area contributed by atoms with Crippen LogP contribution in [0.1, 0.15) is 41.4 Å². The molecule has 3 aliphatic rings. The second-order valence-electron chi connectivity index (χ2n) is 7.16. The van der Waals surface area contributed by atoms with Gasteiger partial charge in [-0.1, -0.05) is 36.4 Å². The van der Waals surface area contributed by atoms with Gasteiger partial charge in [0.1, 0.15) is 0 Å². The van der Waals surface area contributed by atoms with Crippen molar-refractivity contribution in [3.8, 4) is 0 Å². The molecule has 0 radical (unpaired) electrons. The first kappa shape index (κ1) is 18.0. The van der Waals surface area contributed by atoms with E-state index in [1.165, 1.54) is 19.3 Å². The molecule has 2 bridgehead atoms. The summed E-state index contributed by atoms with van der Waals surface area (Å²) in [7, 11) is 0. The minimum atomic E-state index is -0.218. The Hall–Kier alpha value is -1.84. The molecular weight excluding hydrogens is 334 g/mol. The number of piperidine rings is 3. The van der Waals surface area contributed by atoms with Crippen LogP contribution in [0.25, 0.3) is 0 Å². The number of quaternary nitrogens is 1. The summed E-state index contributed by atoms with van der Waals surface area (Å²) in [6, 6.07) is 19.6. The lowest BCUT2D eigenvalue weighted by molar-refractivity contribution is -0.988. The molecule has 3 nitrogen and oxygen atoms in total. The number of ether oxygens (including phenoxy) is 1. The summed E-state index contributed by atoms with van der Waals surface area (Å²) < 4.78 is 7.02. The molecule has 3 saturated heterocycles. The monoisotopic (exact) mass is 357 g/mol. The Morgan fingerprint density at radius 1 is 0.880 bits per heavy atom. The van der Waals surface area contributed by atoms with E-state index in [2.05, 4.69) is 12.1 Å². The molecule has 3 heterocycles. The van der Waals surface area contributed by atoms with Gasteiger partial charge in [0.05, 0.1) is 30.8 Å². The van der Waals surface area contributed by atoms with E-state index in [0.717, 1.165) is 35.6 Å². The van der Waals surface area contributed by atoms with E-state index < -0.39 is 0 Å². The van der Waals surface area contributed by atoms with Crippen LogP contribution in [0.2, 0.25) is 0 Å². The SMILES string of the molecule is O=C(OC(c1ccccc1)[N+]12CCC(CC1)CC2)c1ccccc1.[Cl-]. The quantitative estimate of drug-likeness (QED) is 0.606. The molecular formula is C21H24ClNO2. The third kappa shape index (κ3) is 3.58. The molecule has 5 rings (SSSR count). The highest BCUT2D eigenvalue weighted by molar-refractivity contribution is 5.89. The number of esters is 1. The molecule has 0 amide bonds. The maximum Gasteiger partial charge on any atom is 0.342 e. The number of hydrogen-bond acceptors (Lipinski definition) is 2. The fourth-order valence-corrected chi connectivity index (χ4v) is 4.30. The first-order chi connectivity index (χ1) is 11.8. The summed E-state index contributed by atoms with van der Waals surface area (Å²) >= 11 is 0. The molecule has 2 aromatic rings. The van der Waals surface area contributed by atoms with E-state index in [9.17, 15) is 4.79 Å². The number of hydrogen-bond donors (Lipinski definition) is 0. The maximum atomic E-state index is 12.7. The number of benzene rings is 2. The summed E-state index contributed by atoms with van der Waals surface area (Å²) in [6.45, 7) is 3.35. The Labute approximate surface area is 155 Å². The molecule has 132 valence electrons. The highest BCUT2D eigenvalue weighted by Crippen LogP contribution is 2.42. The molecule has 1 atom stereocenters. The highest BCUT2D eigenvalue weighted by atomic mass is 35.5. The van der Waals surface area contributed by atoms with Gasteiger partial charge in [-0.15, -0.1) is 0 Å². The van der Waals surface area contributed by atoms with Gasteiger partial charge in [0.15, 0.2) is 0 Å². The van der Waals surface area contributed by atoms with Crippen LogP contribution < -0.4 is 12.4 Å². The van der Waals surface area contributed by atoms with Crippen molar-refractivity contribution in [1.82, 2.24) is 0 Å². The van der Waals surface area contributed by atoms with Crippen molar-refractivity contribution in [2.75, 3.05) is 19.6 Å². The number of rotatable bonds is 4. The van der Waals surface area contributed by atoms with Crippen molar-refractivity contribution in [2.24, 2.45) is 5.92 Å². The third-order valence-electron chi connectivity index (χ3n) is 5.76. The summed E-state index contributed by atoms with van der Waals surface area (Å²) in [5.41, 5.74) is 1.74. The van der Waals surface area contributed by atoms with Crippen LogP contribution in [-0.2, 0) is 4.74 Å². The van der Waals surface area contributed by atoms with Crippen LogP contribution in [0.15, 0.2) is 60.7 Å². The van der Waals surface area contributed by atoms with Crippen LogP contribution in [-0.4, -0.2) is 30.1 Å². The normalized spacial score (nSPS) is 25.7. The van der Waals surface area contributed by atoms with Crippen LogP contribution in [0.3, 0.4) is 0 Å². The van der Waals surface area contributed by atoms with Crippen molar-refractivity contribution in [3.05, 3.63) is 71.8 Å². The topological polar surface area (TPSA) is 26.3 Å². The number of carbonyl (C=O) groups excluding carboxylic acids is 1. The zero-order valence-corrected chi connectivity index (χ0v) is 15.1. The standard InChI is InChI=1S/C21H24NO2.ClH/c23-21(19-9-5-2-6-10-19)24-20(18-7-3-1-4-8-18)22-14-11-17(12-15-22)13-16-22;/h1-10,17,20H,11-16H2;1H/q+1;/p-1. The number of fused-ring (bicyclic) bond motifs is 3. The zero-order chi connectivity index (χ0) is 16.4. The van der Waals surface area contributed by atoms with Gasteiger partial charge >= 0.3 is 5.97 Å². The molecule has 4 heteroatoms. The molecule has 25 heavy (non-hydrogen) atoms. The predicted octanol–water partition coefficient (Wildman–Crippen LogP) is 1.18. The van der Waals surface area contributed by atoms with E-state index in [1.807, 2.05) is 48.5 Å². The fraction of sp³-hybridized carbons (Fsp3) is 0.381. The average molecular weight is 358 g/mol. The van der Waals surface area contributed by atoms with Crippen molar-refractivity contribution in [3.63, 3.8) is 0 Å². The van der Waals surface area contributed by atoms with Gasteiger partial charge in [0, 0.05) is 0 Å². The van der Waals surface area contributed by atoms with Gasteiger partial charge < -0.3 is 17.1 Å². The lowest BCUT2D eigenvalue weighted by Crippen LogP contribution is -3.00. The van der Waals surface area contributed by atoms with Gasteiger partial charge in [-0.2, -0.15) is 0 Å². The molecule has 0 aliphatic carbocycles. The molecule has 0 N–H and O–H groups in total.